The summed E-state index contributed by atoms with van der Waals surface area (Å²) >= 11 is 0. The number of nitro benzene ring substituents is 2. The molecule has 0 saturated carbocycles. The molecule has 3 rings (SSSR count). The number of non-ortho nitro benzene ring substituents is 2. The SMILES string of the molecule is O=C(Nc1ccc(N2CCCCCC2)cn1)c1cc([N+](=O)[O-])cc([N+](=O)[O-])c1. The van der Waals surface area contributed by atoms with Crippen LogP contribution in [0.15, 0.2) is 36.5 Å². The van der Waals surface area contributed by atoms with E-state index in [1.807, 2.05) is 6.07 Å². The molecule has 1 aliphatic rings. The first kappa shape index (κ1) is 19.2. The Morgan fingerprint density at radius 2 is 1.57 bits per heavy atom. The predicted octanol–water partition coefficient (Wildman–Crippen LogP) is 3.53. The highest BCUT2D eigenvalue weighted by molar-refractivity contribution is 6.04. The largest absolute Gasteiger partial charge is 0.370 e. The Bertz CT molecular complexity index is 859. The lowest BCUT2D eigenvalue weighted by atomic mass is 10.1. The molecule has 2 aromatic rings. The van der Waals surface area contributed by atoms with E-state index in [0.29, 0.717) is 0 Å². The zero-order valence-electron chi connectivity index (χ0n) is 15.0. The van der Waals surface area contributed by atoms with Gasteiger partial charge in [-0.2, -0.15) is 0 Å². The number of pyridine rings is 1. The molecule has 1 aliphatic heterocycles. The molecule has 1 N–H and O–H groups in total. The number of nitro groups is 2. The fourth-order valence-corrected chi connectivity index (χ4v) is 3.10. The number of aromatic nitrogens is 1. The van der Waals surface area contributed by atoms with Crippen molar-refractivity contribution in [1.82, 2.24) is 4.98 Å². The van der Waals surface area contributed by atoms with E-state index in [1.165, 1.54) is 12.8 Å². The van der Waals surface area contributed by atoms with Crippen LogP contribution in [0.4, 0.5) is 22.9 Å². The number of carbonyl (C=O) groups is 1. The molecule has 0 radical (unpaired) electrons. The van der Waals surface area contributed by atoms with Crippen LogP contribution in [0.3, 0.4) is 0 Å². The average molecular weight is 385 g/mol. The molecule has 28 heavy (non-hydrogen) atoms. The second-order valence-electron chi connectivity index (χ2n) is 6.51. The summed E-state index contributed by atoms with van der Waals surface area (Å²) in [6, 6.07) is 6.29. The first-order chi connectivity index (χ1) is 13.4. The van der Waals surface area contributed by atoms with Gasteiger partial charge in [-0.05, 0) is 25.0 Å². The smallest absolute Gasteiger partial charge is 0.277 e. The highest BCUT2D eigenvalue weighted by Gasteiger charge is 2.20. The second-order valence-corrected chi connectivity index (χ2v) is 6.51. The average Bonchev–Trinajstić information content (AvgIpc) is 2.97. The van der Waals surface area contributed by atoms with Crippen molar-refractivity contribution in [3.8, 4) is 0 Å². The molecule has 0 atom stereocenters. The van der Waals surface area contributed by atoms with Crippen LogP contribution in [-0.2, 0) is 0 Å². The van der Waals surface area contributed by atoms with E-state index in [9.17, 15) is 25.0 Å². The third-order valence-electron chi connectivity index (χ3n) is 4.55. The Kier molecular flexibility index (Phi) is 5.78. The summed E-state index contributed by atoms with van der Waals surface area (Å²) in [6.07, 6.45) is 6.35. The van der Waals surface area contributed by atoms with Crippen molar-refractivity contribution in [2.75, 3.05) is 23.3 Å². The number of amides is 1. The zero-order valence-corrected chi connectivity index (χ0v) is 15.0. The highest BCUT2D eigenvalue weighted by Crippen LogP contribution is 2.24. The van der Waals surface area contributed by atoms with Crippen LogP contribution < -0.4 is 10.2 Å². The van der Waals surface area contributed by atoms with E-state index in [2.05, 4.69) is 15.2 Å². The van der Waals surface area contributed by atoms with Crippen LogP contribution >= 0.6 is 0 Å². The molecule has 1 amide bonds. The van der Waals surface area contributed by atoms with Gasteiger partial charge in [-0.3, -0.25) is 25.0 Å². The van der Waals surface area contributed by atoms with Crippen LogP contribution in [-0.4, -0.2) is 33.8 Å². The van der Waals surface area contributed by atoms with Crippen LogP contribution in [0, 0.1) is 20.2 Å². The Morgan fingerprint density at radius 1 is 0.964 bits per heavy atom. The summed E-state index contributed by atoms with van der Waals surface area (Å²) in [7, 11) is 0. The van der Waals surface area contributed by atoms with Crippen molar-refractivity contribution in [3.05, 3.63) is 62.3 Å². The van der Waals surface area contributed by atoms with Gasteiger partial charge in [0, 0.05) is 25.2 Å². The van der Waals surface area contributed by atoms with Crippen LogP contribution in [0.2, 0.25) is 0 Å². The Hall–Kier alpha value is -3.56. The van der Waals surface area contributed by atoms with Crippen LogP contribution in [0.25, 0.3) is 0 Å². The third-order valence-corrected chi connectivity index (χ3v) is 4.55. The van der Waals surface area contributed by atoms with Crippen molar-refractivity contribution in [2.24, 2.45) is 0 Å². The van der Waals surface area contributed by atoms with Gasteiger partial charge in [0.2, 0.25) is 0 Å². The standard InChI is InChI=1S/C18H19N5O5/c24-18(13-9-15(22(25)26)11-16(10-13)23(27)28)20-17-6-5-14(12-19-17)21-7-3-1-2-4-8-21/h5-6,9-12H,1-4,7-8H2,(H,19,20,24). The molecule has 10 heteroatoms. The van der Waals surface area contributed by atoms with E-state index >= 15 is 0 Å². The number of anilines is 2. The maximum absolute atomic E-state index is 12.4. The predicted molar refractivity (Wildman–Crippen MR) is 103 cm³/mol. The monoisotopic (exact) mass is 385 g/mol. The van der Waals surface area contributed by atoms with Gasteiger partial charge in [0.05, 0.1) is 33.4 Å². The lowest BCUT2D eigenvalue weighted by Gasteiger charge is -2.22. The molecule has 146 valence electrons. The summed E-state index contributed by atoms with van der Waals surface area (Å²) < 4.78 is 0. The third kappa shape index (κ3) is 4.58. The molecule has 1 aromatic carbocycles. The normalized spacial score (nSPS) is 14.2. The van der Waals surface area contributed by atoms with E-state index in [-0.39, 0.29) is 11.4 Å². The first-order valence-electron chi connectivity index (χ1n) is 8.90. The summed E-state index contributed by atoms with van der Waals surface area (Å²) in [4.78, 5) is 39.2. The molecule has 2 heterocycles. The first-order valence-corrected chi connectivity index (χ1v) is 8.90. The number of hydrogen-bond acceptors (Lipinski definition) is 7. The van der Waals surface area contributed by atoms with Gasteiger partial charge in [-0.15, -0.1) is 0 Å². The maximum atomic E-state index is 12.4. The molecule has 0 unspecified atom stereocenters. The van der Waals surface area contributed by atoms with Gasteiger partial charge in [-0.1, -0.05) is 12.8 Å². The van der Waals surface area contributed by atoms with E-state index < -0.39 is 27.1 Å². The quantitative estimate of drug-likeness (QED) is 0.615. The van der Waals surface area contributed by atoms with Crippen molar-refractivity contribution in [3.63, 3.8) is 0 Å². The van der Waals surface area contributed by atoms with E-state index in [0.717, 1.165) is 49.8 Å². The van der Waals surface area contributed by atoms with Gasteiger partial charge < -0.3 is 10.2 Å². The topological polar surface area (TPSA) is 132 Å². The Labute approximate surface area is 160 Å². The number of nitrogens with zero attached hydrogens (tertiary/aromatic N) is 4. The van der Waals surface area contributed by atoms with Crippen LogP contribution in [0.1, 0.15) is 36.0 Å². The fourth-order valence-electron chi connectivity index (χ4n) is 3.10. The number of carbonyl (C=O) groups excluding carboxylic acids is 1. The van der Waals surface area contributed by atoms with Crippen molar-refractivity contribution >= 4 is 28.8 Å². The molecular formula is C18H19N5O5. The summed E-state index contributed by atoms with van der Waals surface area (Å²) in [5, 5.41) is 24.4. The van der Waals surface area contributed by atoms with Crippen molar-refractivity contribution < 1.29 is 14.6 Å². The maximum Gasteiger partial charge on any atom is 0.277 e. The number of hydrogen-bond donors (Lipinski definition) is 1. The minimum Gasteiger partial charge on any atom is -0.370 e. The molecule has 1 saturated heterocycles. The Balaban J connectivity index is 1.75. The molecule has 0 aliphatic carbocycles. The summed E-state index contributed by atoms with van der Waals surface area (Å²) in [5.41, 5.74) is -0.266. The van der Waals surface area contributed by atoms with Crippen LogP contribution in [0.5, 0.6) is 0 Å². The number of rotatable bonds is 5. The molecule has 1 fully saturated rings. The summed E-state index contributed by atoms with van der Waals surface area (Å²) in [5.74, 6) is -0.445. The molecule has 1 aromatic heterocycles. The van der Waals surface area contributed by atoms with Gasteiger partial charge in [-0.25, -0.2) is 4.98 Å². The van der Waals surface area contributed by atoms with Gasteiger partial charge >= 0.3 is 0 Å². The van der Waals surface area contributed by atoms with Crippen molar-refractivity contribution in [2.45, 2.75) is 25.7 Å². The highest BCUT2D eigenvalue weighted by atomic mass is 16.6. The molecule has 0 bridgehead atoms. The molecular weight excluding hydrogens is 366 g/mol. The zero-order chi connectivity index (χ0) is 20.1. The Morgan fingerprint density at radius 3 is 2.07 bits per heavy atom. The fraction of sp³-hybridized carbons (Fsp3) is 0.333. The molecule has 10 nitrogen and oxygen atoms in total. The van der Waals surface area contributed by atoms with E-state index in [4.69, 9.17) is 0 Å². The minimum atomic E-state index is -0.780. The number of benzene rings is 1. The van der Waals surface area contributed by atoms with Gasteiger partial charge in [0.1, 0.15) is 5.82 Å². The van der Waals surface area contributed by atoms with E-state index in [1.54, 1.807) is 12.3 Å². The van der Waals surface area contributed by atoms with Gasteiger partial charge in [0.25, 0.3) is 17.3 Å². The second kappa shape index (κ2) is 8.42. The minimum absolute atomic E-state index is 0.181. The summed E-state index contributed by atoms with van der Waals surface area (Å²) in [6.45, 7) is 1.93. The number of nitrogens with one attached hydrogen (secondary N) is 1. The van der Waals surface area contributed by atoms with Crippen molar-refractivity contribution in [1.29, 1.82) is 0 Å². The van der Waals surface area contributed by atoms with Gasteiger partial charge in [0.15, 0.2) is 0 Å². The molecule has 0 spiro atoms. The lowest BCUT2D eigenvalue weighted by molar-refractivity contribution is -0.394. The lowest BCUT2D eigenvalue weighted by Crippen LogP contribution is -2.24.